The summed E-state index contributed by atoms with van der Waals surface area (Å²) in [5.74, 6) is -1.48. The van der Waals surface area contributed by atoms with Gasteiger partial charge in [0.25, 0.3) is 0 Å². The van der Waals surface area contributed by atoms with Crippen LogP contribution in [0.4, 0.5) is 0 Å². The minimum Gasteiger partial charge on any atom is -0.456 e. The van der Waals surface area contributed by atoms with Crippen LogP contribution in [0.25, 0.3) is 0 Å². The number of esters is 2. The van der Waals surface area contributed by atoms with Crippen LogP contribution in [0.5, 0.6) is 0 Å². The first-order valence-corrected chi connectivity index (χ1v) is 11.4. The summed E-state index contributed by atoms with van der Waals surface area (Å²) < 4.78 is 11.0. The van der Waals surface area contributed by atoms with E-state index in [1.54, 1.807) is 41.5 Å². The van der Waals surface area contributed by atoms with E-state index >= 15 is 0 Å². The second-order valence-corrected chi connectivity index (χ2v) is 12.5. The van der Waals surface area contributed by atoms with Crippen molar-refractivity contribution in [1.29, 1.82) is 5.26 Å². The van der Waals surface area contributed by atoms with Gasteiger partial charge >= 0.3 is 11.9 Å². The molecule has 182 valence electrons. The highest BCUT2D eigenvalue weighted by molar-refractivity contribution is 6.16. The van der Waals surface area contributed by atoms with Crippen LogP contribution in [0, 0.1) is 22.2 Å². The fraction of sp³-hybridized carbons (Fsp3) is 0.692. The molecule has 2 aliphatic heterocycles. The first-order chi connectivity index (χ1) is 14.7. The summed E-state index contributed by atoms with van der Waals surface area (Å²) in [5, 5.41) is 13.0. The number of nitriles is 1. The van der Waals surface area contributed by atoms with Gasteiger partial charge in [-0.05, 0) is 61.0 Å². The lowest BCUT2D eigenvalue weighted by Crippen LogP contribution is -2.44. The molecule has 1 unspecified atom stereocenters. The Bertz CT molecular complexity index is 948. The van der Waals surface area contributed by atoms with E-state index in [1.165, 1.54) is 0 Å². The number of ether oxygens (including phenoxy) is 2. The van der Waals surface area contributed by atoms with Crippen molar-refractivity contribution in [3.63, 3.8) is 0 Å². The number of hydrogen-bond acceptors (Lipinski definition) is 7. The Kier molecular flexibility index (Phi) is 6.70. The molecule has 33 heavy (non-hydrogen) atoms. The van der Waals surface area contributed by atoms with Gasteiger partial charge in [-0.3, -0.25) is 4.99 Å². The van der Waals surface area contributed by atoms with Crippen molar-refractivity contribution < 1.29 is 19.1 Å². The molecule has 0 aromatic rings. The molecule has 2 rings (SSSR count). The molecule has 0 bridgehead atoms. The summed E-state index contributed by atoms with van der Waals surface area (Å²) in [6.07, 6.45) is 3.02. The third-order valence-electron chi connectivity index (χ3n) is 5.98. The Morgan fingerprint density at radius 3 is 1.85 bits per heavy atom. The van der Waals surface area contributed by atoms with Gasteiger partial charge in [0.05, 0.1) is 11.8 Å². The quantitative estimate of drug-likeness (QED) is 0.278. The first-order valence-electron chi connectivity index (χ1n) is 11.4. The number of carbonyl (C=O) groups excluding carboxylic acids is 2. The second kappa shape index (κ2) is 8.30. The van der Waals surface area contributed by atoms with Crippen molar-refractivity contribution in [1.82, 2.24) is 5.32 Å². The van der Waals surface area contributed by atoms with E-state index in [9.17, 15) is 14.9 Å². The standard InChI is InChI=1S/C26H39N3O4/c1-22(2,3)32-20(30)19(21(31)33-23(4,5)6)17-14-24(7,8)18(28-17)12-16-13-25(9,10)26(11,15-27)29-16/h12,29H,13-14H2,1-11H3/b16-12-. The van der Waals surface area contributed by atoms with E-state index in [0.29, 0.717) is 18.5 Å². The van der Waals surface area contributed by atoms with Crippen LogP contribution in [0.3, 0.4) is 0 Å². The van der Waals surface area contributed by atoms with E-state index in [-0.39, 0.29) is 11.0 Å². The first kappa shape index (κ1) is 26.6. The van der Waals surface area contributed by atoms with E-state index in [0.717, 1.165) is 11.4 Å². The third-order valence-corrected chi connectivity index (χ3v) is 5.98. The van der Waals surface area contributed by atoms with E-state index in [2.05, 4.69) is 25.2 Å². The highest BCUT2D eigenvalue weighted by Crippen LogP contribution is 2.44. The Balaban J connectivity index is 2.56. The number of rotatable bonds is 3. The fourth-order valence-corrected chi connectivity index (χ4v) is 3.81. The van der Waals surface area contributed by atoms with Crippen molar-refractivity contribution >= 4 is 17.7 Å². The zero-order chi connectivity index (χ0) is 25.6. The molecule has 0 aliphatic carbocycles. The van der Waals surface area contributed by atoms with Gasteiger partial charge in [0, 0.05) is 28.7 Å². The van der Waals surface area contributed by atoms with Gasteiger partial charge in [0.15, 0.2) is 5.57 Å². The van der Waals surface area contributed by atoms with Gasteiger partial charge < -0.3 is 14.8 Å². The van der Waals surface area contributed by atoms with Crippen LogP contribution in [0.2, 0.25) is 0 Å². The molecular formula is C26H39N3O4. The molecule has 1 atom stereocenters. The summed E-state index contributed by atoms with van der Waals surface area (Å²) in [6, 6.07) is 2.38. The fourth-order valence-electron chi connectivity index (χ4n) is 3.81. The largest absolute Gasteiger partial charge is 0.456 e. The summed E-state index contributed by atoms with van der Waals surface area (Å²) in [7, 11) is 0. The van der Waals surface area contributed by atoms with Crippen LogP contribution in [0.15, 0.2) is 28.0 Å². The molecule has 1 saturated heterocycles. The minimum absolute atomic E-state index is 0.164. The maximum absolute atomic E-state index is 13.0. The molecule has 7 heteroatoms. The Morgan fingerprint density at radius 2 is 1.45 bits per heavy atom. The lowest BCUT2D eigenvalue weighted by Gasteiger charge is -2.30. The smallest absolute Gasteiger partial charge is 0.348 e. The minimum atomic E-state index is -0.769. The SMILES string of the molecule is CC(C)(C)OC(=O)C(C(=O)OC(C)(C)C)=C1CC(C)(C)C(/C=C2/CC(C)(C)C(C)(C#N)N2)=N1. The maximum atomic E-state index is 13.0. The molecule has 0 aromatic carbocycles. The normalized spacial score (nSPS) is 25.2. The van der Waals surface area contributed by atoms with Crippen molar-refractivity contribution in [3.05, 3.63) is 23.0 Å². The molecule has 7 nitrogen and oxygen atoms in total. The van der Waals surface area contributed by atoms with Crippen molar-refractivity contribution in [3.8, 4) is 6.07 Å². The third kappa shape index (κ3) is 6.04. The van der Waals surface area contributed by atoms with Crippen molar-refractivity contribution in [2.24, 2.45) is 15.8 Å². The van der Waals surface area contributed by atoms with Crippen LogP contribution in [0.1, 0.15) is 89.0 Å². The Labute approximate surface area is 198 Å². The zero-order valence-electron chi connectivity index (χ0n) is 22.0. The predicted octanol–water partition coefficient (Wildman–Crippen LogP) is 4.98. The Morgan fingerprint density at radius 1 is 0.970 bits per heavy atom. The monoisotopic (exact) mass is 457 g/mol. The molecule has 0 saturated carbocycles. The number of aliphatic imine (C=N–C) groups is 1. The second-order valence-electron chi connectivity index (χ2n) is 12.5. The van der Waals surface area contributed by atoms with E-state index < -0.39 is 34.1 Å². The van der Waals surface area contributed by atoms with Crippen molar-refractivity contribution in [2.75, 3.05) is 0 Å². The van der Waals surface area contributed by atoms with Gasteiger partial charge in [0.1, 0.15) is 16.7 Å². The average molecular weight is 458 g/mol. The number of nitrogens with one attached hydrogen (secondary N) is 1. The molecule has 0 radical (unpaired) electrons. The molecule has 0 amide bonds. The van der Waals surface area contributed by atoms with Gasteiger partial charge in [-0.15, -0.1) is 0 Å². The van der Waals surface area contributed by atoms with Gasteiger partial charge in [0.2, 0.25) is 0 Å². The molecular weight excluding hydrogens is 418 g/mol. The summed E-state index contributed by atoms with van der Waals surface area (Å²) in [5.41, 5.74) is -1.07. The molecule has 0 aromatic heterocycles. The lowest BCUT2D eigenvalue weighted by molar-refractivity contribution is -0.158. The van der Waals surface area contributed by atoms with Crippen LogP contribution < -0.4 is 5.32 Å². The number of nitrogens with zero attached hydrogens (tertiary/aromatic N) is 2. The van der Waals surface area contributed by atoms with E-state index in [4.69, 9.17) is 14.5 Å². The Hall–Kier alpha value is -2.62. The molecule has 0 spiro atoms. The molecule has 1 fully saturated rings. The van der Waals surface area contributed by atoms with Gasteiger partial charge in [-0.1, -0.05) is 27.7 Å². The van der Waals surface area contributed by atoms with Crippen LogP contribution in [-0.4, -0.2) is 34.4 Å². The van der Waals surface area contributed by atoms with Crippen LogP contribution >= 0.6 is 0 Å². The van der Waals surface area contributed by atoms with Crippen molar-refractivity contribution in [2.45, 2.75) is 106 Å². The molecule has 2 heterocycles. The summed E-state index contributed by atoms with van der Waals surface area (Å²) in [6.45, 7) is 20.5. The lowest BCUT2D eigenvalue weighted by atomic mass is 9.75. The van der Waals surface area contributed by atoms with Gasteiger partial charge in [-0.2, -0.15) is 5.26 Å². The maximum Gasteiger partial charge on any atom is 0.348 e. The number of carbonyl (C=O) groups is 2. The highest BCUT2D eigenvalue weighted by Gasteiger charge is 2.48. The van der Waals surface area contributed by atoms with Gasteiger partial charge in [-0.25, -0.2) is 9.59 Å². The average Bonchev–Trinajstić information content (AvgIpc) is 2.96. The number of hydrogen-bond donors (Lipinski definition) is 1. The topological polar surface area (TPSA) is 101 Å². The number of allylic oxidation sites excluding steroid dienone is 3. The van der Waals surface area contributed by atoms with E-state index in [1.807, 2.05) is 26.8 Å². The summed E-state index contributed by atoms with van der Waals surface area (Å²) in [4.78, 5) is 30.8. The molecule has 2 aliphatic rings. The van der Waals surface area contributed by atoms with Crippen LogP contribution in [-0.2, 0) is 19.1 Å². The predicted molar refractivity (Wildman–Crippen MR) is 128 cm³/mol. The summed E-state index contributed by atoms with van der Waals surface area (Å²) >= 11 is 0. The zero-order valence-corrected chi connectivity index (χ0v) is 22.0. The molecule has 1 N–H and O–H groups in total. The highest BCUT2D eigenvalue weighted by atomic mass is 16.6.